The number of hydrogen-bond acceptors (Lipinski definition) is 3. The van der Waals surface area contributed by atoms with Crippen LogP contribution in [0.15, 0.2) is 24.4 Å². The Bertz CT molecular complexity index is 471. The van der Waals surface area contributed by atoms with Gasteiger partial charge in [-0.3, -0.25) is 0 Å². The van der Waals surface area contributed by atoms with Gasteiger partial charge in [-0.2, -0.15) is 0 Å². The monoisotopic (exact) mass is 223 g/mol. The van der Waals surface area contributed by atoms with Crippen LogP contribution in [0.5, 0.6) is 5.75 Å². The van der Waals surface area contributed by atoms with Gasteiger partial charge in [0.2, 0.25) is 0 Å². The second-order valence-electron chi connectivity index (χ2n) is 3.49. The number of carboxylic acids is 1. The van der Waals surface area contributed by atoms with E-state index in [1.807, 2.05) is 0 Å². The first kappa shape index (κ1) is 10.5. The maximum atomic E-state index is 13.1. The van der Waals surface area contributed by atoms with Gasteiger partial charge in [0.15, 0.2) is 0 Å². The highest BCUT2D eigenvalue weighted by Gasteiger charge is 2.27. The molecular formula is C11H10FNO3. The Balaban J connectivity index is 2.44. The molecule has 0 amide bonds. The van der Waals surface area contributed by atoms with Crippen LogP contribution in [-0.4, -0.2) is 17.2 Å². The highest BCUT2D eigenvalue weighted by molar-refractivity contribution is 5.91. The number of rotatable bonds is 2. The predicted octanol–water partition coefficient (Wildman–Crippen LogP) is 1.30. The first-order valence-corrected chi connectivity index (χ1v) is 4.72. The molecule has 1 aliphatic heterocycles. The molecule has 16 heavy (non-hydrogen) atoms. The molecule has 0 aliphatic carbocycles. The van der Waals surface area contributed by atoms with Crippen LogP contribution in [0.2, 0.25) is 0 Å². The summed E-state index contributed by atoms with van der Waals surface area (Å²) in [4.78, 5) is 10.9. The second kappa shape index (κ2) is 3.84. The summed E-state index contributed by atoms with van der Waals surface area (Å²) in [6.07, 6.45) is 3.04. The molecule has 1 aliphatic rings. The van der Waals surface area contributed by atoms with Gasteiger partial charge >= 0.3 is 5.97 Å². The Labute approximate surface area is 91.1 Å². The number of carbonyl (C=O) groups is 1. The van der Waals surface area contributed by atoms with E-state index in [-0.39, 0.29) is 17.4 Å². The predicted molar refractivity (Wildman–Crippen MR) is 54.8 cm³/mol. The van der Waals surface area contributed by atoms with E-state index in [4.69, 9.17) is 15.6 Å². The van der Waals surface area contributed by atoms with Gasteiger partial charge in [-0.25, -0.2) is 9.18 Å². The Morgan fingerprint density at radius 1 is 1.62 bits per heavy atom. The van der Waals surface area contributed by atoms with Crippen molar-refractivity contribution in [1.29, 1.82) is 0 Å². The number of aromatic carboxylic acids is 1. The summed E-state index contributed by atoms with van der Waals surface area (Å²) >= 11 is 0. The quantitative estimate of drug-likeness (QED) is 0.792. The fraction of sp³-hybridized carbons (Fsp3) is 0.182. The molecule has 1 atom stereocenters. The summed E-state index contributed by atoms with van der Waals surface area (Å²) in [6.45, 7) is 0. The zero-order chi connectivity index (χ0) is 11.7. The molecule has 84 valence electrons. The lowest BCUT2D eigenvalue weighted by Crippen LogP contribution is -2.10. The number of hydrogen-bond donors (Lipinski definition) is 2. The molecule has 0 saturated carbocycles. The standard InChI is InChI=1S/C11H10FNO3/c12-7-3-6-4-8(1-2-13)16-10(6)9(5-7)11(14)15/h1-3,5,8H,4,13H2,(H,14,15)/b2-1+. The van der Waals surface area contributed by atoms with Crippen molar-refractivity contribution < 1.29 is 19.0 Å². The number of halogens is 1. The number of carboxylic acid groups (broad SMARTS) is 1. The van der Waals surface area contributed by atoms with Gasteiger partial charge in [0.05, 0.1) is 0 Å². The minimum absolute atomic E-state index is 0.150. The van der Waals surface area contributed by atoms with E-state index in [0.29, 0.717) is 12.0 Å². The molecule has 0 radical (unpaired) electrons. The van der Waals surface area contributed by atoms with Crippen molar-refractivity contribution in [1.82, 2.24) is 0 Å². The lowest BCUT2D eigenvalue weighted by Gasteiger charge is -2.06. The van der Waals surface area contributed by atoms with Crippen LogP contribution in [0.4, 0.5) is 4.39 Å². The minimum atomic E-state index is -1.20. The zero-order valence-corrected chi connectivity index (χ0v) is 8.31. The molecule has 1 heterocycles. The van der Waals surface area contributed by atoms with E-state index in [0.717, 1.165) is 6.07 Å². The second-order valence-corrected chi connectivity index (χ2v) is 3.49. The first-order valence-electron chi connectivity index (χ1n) is 4.72. The number of fused-ring (bicyclic) bond motifs is 1. The average molecular weight is 223 g/mol. The largest absolute Gasteiger partial charge is 0.485 e. The van der Waals surface area contributed by atoms with Gasteiger partial charge in [-0.05, 0) is 24.4 Å². The fourth-order valence-corrected chi connectivity index (χ4v) is 1.74. The average Bonchev–Trinajstić information content (AvgIpc) is 2.59. The van der Waals surface area contributed by atoms with Gasteiger partial charge < -0.3 is 15.6 Å². The van der Waals surface area contributed by atoms with Crippen LogP contribution in [0.1, 0.15) is 15.9 Å². The van der Waals surface area contributed by atoms with Crippen molar-refractivity contribution in [2.45, 2.75) is 12.5 Å². The van der Waals surface area contributed by atoms with Crippen molar-refractivity contribution in [2.24, 2.45) is 5.73 Å². The summed E-state index contributed by atoms with van der Waals surface area (Å²) in [6, 6.07) is 2.24. The van der Waals surface area contributed by atoms with Crippen molar-refractivity contribution in [3.05, 3.63) is 41.4 Å². The highest BCUT2D eigenvalue weighted by Crippen LogP contribution is 2.33. The Morgan fingerprint density at radius 3 is 3.00 bits per heavy atom. The zero-order valence-electron chi connectivity index (χ0n) is 8.31. The Morgan fingerprint density at radius 2 is 2.38 bits per heavy atom. The summed E-state index contributed by atoms with van der Waals surface area (Å²) in [5, 5.41) is 8.90. The molecule has 0 fully saturated rings. The van der Waals surface area contributed by atoms with E-state index in [9.17, 15) is 9.18 Å². The van der Waals surface area contributed by atoms with E-state index in [2.05, 4.69) is 0 Å². The van der Waals surface area contributed by atoms with Crippen LogP contribution in [0.25, 0.3) is 0 Å². The number of nitrogens with two attached hydrogens (primary N) is 1. The normalized spacial score (nSPS) is 18.4. The molecule has 2 rings (SSSR count). The maximum Gasteiger partial charge on any atom is 0.339 e. The highest BCUT2D eigenvalue weighted by atomic mass is 19.1. The molecule has 4 nitrogen and oxygen atoms in total. The molecule has 0 aromatic heterocycles. The molecular weight excluding hydrogens is 213 g/mol. The van der Waals surface area contributed by atoms with Crippen LogP contribution < -0.4 is 10.5 Å². The summed E-state index contributed by atoms with van der Waals surface area (Å²) in [5.74, 6) is -1.54. The Kier molecular flexibility index (Phi) is 2.52. The third kappa shape index (κ3) is 1.71. The molecule has 0 spiro atoms. The molecule has 5 heteroatoms. The van der Waals surface area contributed by atoms with E-state index >= 15 is 0 Å². The van der Waals surface area contributed by atoms with Crippen LogP contribution >= 0.6 is 0 Å². The van der Waals surface area contributed by atoms with E-state index in [1.54, 1.807) is 6.08 Å². The van der Waals surface area contributed by atoms with Crippen molar-refractivity contribution in [3.63, 3.8) is 0 Å². The summed E-state index contributed by atoms with van der Waals surface area (Å²) < 4.78 is 18.5. The van der Waals surface area contributed by atoms with Crippen LogP contribution in [-0.2, 0) is 6.42 Å². The van der Waals surface area contributed by atoms with Crippen LogP contribution in [0, 0.1) is 5.82 Å². The molecule has 3 N–H and O–H groups in total. The summed E-state index contributed by atoms with van der Waals surface area (Å²) in [5.41, 5.74) is 5.63. The molecule has 1 unspecified atom stereocenters. The number of ether oxygens (including phenoxy) is 1. The topological polar surface area (TPSA) is 72.6 Å². The summed E-state index contributed by atoms with van der Waals surface area (Å²) in [7, 11) is 0. The number of benzene rings is 1. The molecule has 0 bridgehead atoms. The van der Waals surface area contributed by atoms with Crippen molar-refractivity contribution in [2.75, 3.05) is 0 Å². The lowest BCUT2D eigenvalue weighted by molar-refractivity contribution is 0.0691. The van der Waals surface area contributed by atoms with Crippen molar-refractivity contribution >= 4 is 5.97 Å². The third-order valence-electron chi connectivity index (χ3n) is 2.38. The first-order chi connectivity index (χ1) is 7.61. The molecule has 1 aromatic rings. The minimum Gasteiger partial charge on any atom is -0.485 e. The lowest BCUT2D eigenvalue weighted by atomic mass is 10.1. The van der Waals surface area contributed by atoms with Gasteiger partial charge in [0.1, 0.15) is 23.2 Å². The molecule has 1 aromatic carbocycles. The van der Waals surface area contributed by atoms with Gasteiger partial charge in [0, 0.05) is 12.0 Å². The van der Waals surface area contributed by atoms with E-state index in [1.165, 1.54) is 12.3 Å². The Hall–Kier alpha value is -2.04. The molecule has 0 saturated heterocycles. The van der Waals surface area contributed by atoms with Crippen molar-refractivity contribution in [3.8, 4) is 5.75 Å². The van der Waals surface area contributed by atoms with Gasteiger partial charge in [-0.15, -0.1) is 0 Å². The fourth-order valence-electron chi connectivity index (χ4n) is 1.74. The van der Waals surface area contributed by atoms with Gasteiger partial charge in [-0.1, -0.05) is 0 Å². The van der Waals surface area contributed by atoms with Gasteiger partial charge in [0.25, 0.3) is 0 Å². The maximum absolute atomic E-state index is 13.1. The SMILES string of the molecule is N/C=C/C1Cc2cc(F)cc(C(=O)O)c2O1. The van der Waals surface area contributed by atoms with Crippen LogP contribution in [0.3, 0.4) is 0 Å². The van der Waals surface area contributed by atoms with E-state index < -0.39 is 11.8 Å². The smallest absolute Gasteiger partial charge is 0.339 e. The third-order valence-corrected chi connectivity index (χ3v) is 2.38.